The number of amides is 4. The molecule has 2 aromatic heterocycles. The average molecular weight is 849 g/mol. The first kappa shape index (κ1) is 48.7. The topological polar surface area (TPSA) is 133 Å². The number of urea groups is 2. The van der Waals surface area contributed by atoms with Gasteiger partial charge in [0.05, 0.1) is 0 Å². The van der Waals surface area contributed by atoms with Crippen LogP contribution in [0.1, 0.15) is 64.5 Å². The number of piperidine rings is 2. The summed E-state index contributed by atoms with van der Waals surface area (Å²) >= 11 is 0. The zero-order valence-corrected chi connectivity index (χ0v) is 34.2. The highest BCUT2D eigenvalue weighted by Crippen LogP contribution is 2.26. The molecule has 4 amide bonds. The number of ether oxygens (including phenoxy) is 2. The summed E-state index contributed by atoms with van der Waals surface area (Å²) in [7, 11) is 0. The Morgan fingerprint density at radius 3 is 1.43 bits per heavy atom. The first-order valence-electron chi connectivity index (χ1n) is 19.8. The molecule has 0 unspecified atom stereocenters. The summed E-state index contributed by atoms with van der Waals surface area (Å²) in [4.78, 5) is 37.0. The average Bonchev–Trinajstić information content (AvgIpc) is 3.21. The SMILES string of the molecule is CC.CC.O=C(Nc1cccc(OC(F)(F)F)c1)NC1CCN(Cc2cccnc2)CC1.O=C(Nc1cccc(OC(F)(F)F)c1)NC1CCN(Cc2ccncc2)CC1. The summed E-state index contributed by atoms with van der Waals surface area (Å²) in [6.07, 6.45) is 0.764. The lowest BCUT2D eigenvalue weighted by Crippen LogP contribution is -2.45. The molecule has 4 heterocycles. The monoisotopic (exact) mass is 848 g/mol. The number of carbonyl (C=O) groups is 2. The molecular weight excluding hydrogens is 795 g/mol. The Labute approximate surface area is 347 Å². The van der Waals surface area contributed by atoms with Crippen LogP contribution in [0, 0.1) is 0 Å². The maximum atomic E-state index is 12.3. The molecule has 12 nitrogen and oxygen atoms in total. The summed E-state index contributed by atoms with van der Waals surface area (Å²) < 4.78 is 81.4. The molecule has 18 heteroatoms. The number of hydrogen-bond acceptors (Lipinski definition) is 8. The smallest absolute Gasteiger partial charge is 0.406 e. The zero-order chi connectivity index (χ0) is 44.0. The Hall–Kier alpha value is -5.62. The highest BCUT2D eigenvalue weighted by molar-refractivity contribution is 5.90. The normalized spacial score (nSPS) is 15.0. The van der Waals surface area contributed by atoms with Crippen LogP contribution in [0.2, 0.25) is 0 Å². The van der Waals surface area contributed by atoms with Gasteiger partial charge in [0.15, 0.2) is 0 Å². The van der Waals surface area contributed by atoms with E-state index < -0.39 is 24.8 Å². The molecule has 0 bridgehead atoms. The third kappa shape index (κ3) is 19.4. The lowest BCUT2D eigenvalue weighted by atomic mass is 10.0. The number of likely N-dealkylation sites (tertiary alicyclic amines) is 2. The lowest BCUT2D eigenvalue weighted by Gasteiger charge is -2.32. The minimum atomic E-state index is -4.77. The number of rotatable bonds is 10. The van der Waals surface area contributed by atoms with Crippen LogP contribution in [0.4, 0.5) is 47.3 Å². The number of nitrogens with zero attached hydrogens (tertiary/aromatic N) is 4. The van der Waals surface area contributed by atoms with Crippen molar-refractivity contribution in [1.82, 2.24) is 30.4 Å². The van der Waals surface area contributed by atoms with E-state index in [0.717, 1.165) is 82.6 Å². The summed E-state index contributed by atoms with van der Waals surface area (Å²) in [6, 6.07) is 17.4. The molecule has 0 atom stereocenters. The molecule has 2 aliphatic rings. The van der Waals surface area contributed by atoms with Gasteiger partial charge in [0.1, 0.15) is 11.5 Å². The Balaban J connectivity index is 0.000000296. The molecule has 4 N–H and O–H groups in total. The first-order chi connectivity index (χ1) is 28.7. The van der Waals surface area contributed by atoms with Gasteiger partial charge >= 0.3 is 24.8 Å². The van der Waals surface area contributed by atoms with Gasteiger partial charge in [-0.1, -0.05) is 45.9 Å². The van der Waals surface area contributed by atoms with Crippen molar-refractivity contribution >= 4 is 23.4 Å². The van der Waals surface area contributed by atoms with Gasteiger partial charge < -0.3 is 30.7 Å². The molecule has 2 fully saturated rings. The predicted molar refractivity (Wildman–Crippen MR) is 218 cm³/mol. The highest BCUT2D eigenvalue weighted by atomic mass is 19.4. The van der Waals surface area contributed by atoms with Gasteiger partial charge in [-0.2, -0.15) is 0 Å². The fourth-order valence-electron chi connectivity index (χ4n) is 6.21. The molecule has 6 rings (SSSR count). The molecule has 0 radical (unpaired) electrons. The van der Waals surface area contributed by atoms with Crippen molar-refractivity contribution in [2.24, 2.45) is 0 Å². The quantitative estimate of drug-likeness (QED) is 0.116. The van der Waals surface area contributed by atoms with Crippen LogP contribution in [0.5, 0.6) is 11.5 Å². The van der Waals surface area contributed by atoms with E-state index in [1.807, 2.05) is 58.2 Å². The van der Waals surface area contributed by atoms with E-state index in [1.165, 1.54) is 42.0 Å². The van der Waals surface area contributed by atoms with Crippen LogP contribution < -0.4 is 30.7 Å². The van der Waals surface area contributed by atoms with Crippen molar-refractivity contribution in [2.45, 2.75) is 91.3 Å². The number of aromatic nitrogens is 2. The van der Waals surface area contributed by atoms with Crippen LogP contribution in [0.15, 0.2) is 97.6 Å². The number of anilines is 2. The molecule has 2 aromatic carbocycles. The lowest BCUT2D eigenvalue weighted by molar-refractivity contribution is -0.275. The second-order valence-electron chi connectivity index (χ2n) is 13.2. The Morgan fingerprint density at radius 1 is 0.600 bits per heavy atom. The first-order valence-corrected chi connectivity index (χ1v) is 19.8. The van der Waals surface area contributed by atoms with E-state index in [1.54, 1.807) is 18.6 Å². The largest absolute Gasteiger partial charge is 0.573 e. The maximum absolute atomic E-state index is 12.3. The fourth-order valence-corrected chi connectivity index (χ4v) is 6.21. The van der Waals surface area contributed by atoms with E-state index in [0.29, 0.717) is 0 Å². The fraction of sp³-hybridized carbons (Fsp3) is 0.429. The number of alkyl halides is 6. The Morgan fingerprint density at radius 2 is 1.03 bits per heavy atom. The molecule has 60 heavy (non-hydrogen) atoms. The van der Waals surface area contributed by atoms with Crippen molar-refractivity contribution in [2.75, 3.05) is 36.8 Å². The number of benzene rings is 2. The van der Waals surface area contributed by atoms with Crippen LogP contribution in [-0.2, 0) is 13.1 Å². The van der Waals surface area contributed by atoms with Crippen molar-refractivity contribution < 1.29 is 45.4 Å². The summed E-state index contributed by atoms with van der Waals surface area (Å²) in [5.74, 6) is -0.760. The summed E-state index contributed by atoms with van der Waals surface area (Å²) in [5.41, 5.74) is 2.80. The number of nitrogens with one attached hydrogen (secondary N) is 4. The van der Waals surface area contributed by atoms with Crippen molar-refractivity contribution in [3.63, 3.8) is 0 Å². The molecule has 2 saturated heterocycles. The second kappa shape index (κ2) is 25.1. The van der Waals surface area contributed by atoms with Crippen LogP contribution in [0.3, 0.4) is 0 Å². The Kier molecular flexibility index (Phi) is 20.4. The van der Waals surface area contributed by atoms with Crippen LogP contribution in [-0.4, -0.2) is 82.8 Å². The van der Waals surface area contributed by atoms with E-state index >= 15 is 0 Å². The number of pyridine rings is 2. The maximum Gasteiger partial charge on any atom is 0.573 e. The van der Waals surface area contributed by atoms with E-state index in [-0.39, 0.29) is 35.0 Å². The van der Waals surface area contributed by atoms with Crippen molar-refractivity contribution in [3.05, 3.63) is 109 Å². The highest BCUT2D eigenvalue weighted by Gasteiger charge is 2.32. The molecule has 328 valence electrons. The summed E-state index contributed by atoms with van der Waals surface area (Å²) in [6.45, 7) is 13.0. The third-order valence-corrected chi connectivity index (χ3v) is 8.78. The van der Waals surface area contributed by atoms with Gasteiger partial charge in [-0.3, -0.25) is 19.8 Å². The molecule has 4 aromatic rings. The number of halogens is 6. The van der Waals surface area contributed by atoms with Gasteiger partial charge in [0, 0.05) is 99.6 Å². The van der Waals surface area contributed by atoms with Crippen molar-refractivity contribution in [1.29, 1.82) is 0 Å². The Bertz CT molecular complexity index is 1690. The standard InChI is InChI=1S/2C19H21F3N4O2.2C2H6/c20-19(21,22)28-17-5-1-4-16(11-17)25-18(27)24-15-6-9-26(10-7-15)13-14-3-2-8-23-12-14;20-19(21,22)28-17-3-1-2-16(12-17)25-18(27)24-15-6-10-26(11-7-15)13-14-4-8-23-9-5-14;2*1-2/h1-5,8,11-12,15H,6-7,9-10,13H2,(H2,24,25,27);1-5,8-9,12,15H,6-7,10-11,13H2,(H2,24,25,27);2*1-2H3. The zero-order valence-electron chi connectivity index (χ0n) is 34.2. The van der Waals surface area contributed by atoms with Gasteiger partial charge in [0.2, 0.25) is 0 Å². The minimum absolute atomic E-state index is 0.0137. The minimum Gasteiger partial charge on any atom is -0.406 e. The number of carbonyl (C=O) groups excluding carboxylic acids is 2. The molecule has 0 spiro atoms. The van der Waals surface area contributed by atoms with E-state index in [4.69, 9.17) is 0 Å². The molecule has 0 saturated carbocycles. The molecular formula is C42H54F6N8O4. The van der Waals surface area contributed by atoms with Crippen molar-refractivity contribution in [3.8, 4) is 11.5 Å². The predicted octanol–water partition coefficient (Wildman–Crippen LogP) is 9.58. The van der Waals surface area contributed by atoms with Gasteiger partial charge in [0.25, 0.3) is 0 Å². The van der Waals surface area contributed by atoms with E-state index in [9.17, 15) is 35.9 Å². The molecule has 0 aliphatic carbocycles. The number of hydrogen-bond donors (Lipinski definition) is 4. The second-order valence-corrected chi connectivity index (χ2v) is 13.2. The third-order valence-electron chi connectivity index (χ3n) is 8.78. The molecule has 2 aliphatic heterocycles. The van der Waals surface area contributed by atoms with Crippen LogP contribution in [0.25, 0.3) is 0 Å². The van der Waals surface area contributed by atoms with Gasteiger partial charge in [-0.25, -0.2) is 9.59 Å². The van der Waals surface area contributed by atoms with Gasteiger partial charge in [-0.15, -0.1) is 26.3 Å². The van der Waals surface area contributed by atoms with E-state index in [2.05, 4.69) is 50.5 Å². The van der Waals surface area contributed by atoms with Gasteiger partial charge in [-0.05, 0) is 79.3 Å². The summed E-state index contributed by atoms with van der Waals surface area (Å²) in [5, 5.41) is 10.8. The van der Waals surface area contributed by atoms with Crippen LogP contribution >= 0.6 is 0 Å².